The topological polar surface area (TPSA) is 57.1 Å². The standard InChI is InChI=1S/C13H13N3O2/c1-13(2)6-9-4-3-5-11(12(9)18-13)17-10-7-14-16-15-8-10/h3-5,7-8H,6H2,1-2H3. The monoisotopic (exact) mass is 243 g/mol. The minimum atomic E-state index is -0.184. The second kappa shape index (κ2) is 3.94. The summed E-state index contributed by atoms with van der Waals surface area (Å²) in [5.41, 5.74) is 0.976. The van der Waals surface area contributed by atoms with Gasteiger partial charge in [0.25, 0.3) is 0 Å². The molecule has 5 nitrogen and oxygen atoms in total. The number of ether oxygens (including phenoxy) is 2. The molecule has 1 aromatic heterocycles. The first-order valence-corrected chi connectivity index (χ1v) is 5.76. The molecule has 0 radical (unpaired) electrons. The molecule has 0 saturated heterocycles. The zero-order valence-corrected chi connectivity index (χ0v) is 10.3. The van der Waals surface area contributed by atoms with Crippen LogP contribution in [0.5, 0.6) is 17.2 Å². The van der Waals surface area contributed by atoms with Gasteiger partial charge in [0.1, 0.15) is 5.60 Å². The van der Waals surface area contributed by atoms with Crippen LogP contribution in [0.15, 0.2) is 30.6 Å². The van der Waals surface area contributed by atoms with Gasteiger partial charge >= 0.3 is 0 Å². The summed E-state index contributed by atoms with van der Waals surface area (Å²) in [6, 6.07) is 5.89. The fourth-order valence-electron chi connectivity index (χ4n) is 2.08. The quantitative estimate of drug-likeness (QED) is 0.810. The van der Waals surface area contributed by atoms with Crippen LogP contribution >= 0.6 is 0 Å². The van der Waals surface area contributed by atoms with Crippen molar-refractivity contribution in [1.29, 1.82) is 0 Å². The molecule has 0 N–H and O–H groups in total. The lowest BCUT2D eigenvalue weighted by Gasteiger charge is -2.18. The van der Waals surface area contributed by atoms with Crippen LogP contribution in [0, 0.1) is 0 Å². The van der Waals surface area contributed by atoms with E-state index in [0.29, 0.717) is 11.5 Å². The largest absolute Gasteiger partial charge is 0.483 e. The average molecular weight is 243 g/mol. The summed E-state index contributed by atoms with van der Waals surface area (Å²) in [7, 11) is 0. The van der Waals surface area contributed by atoms with Gasteiger partial charge in [-0.25, -0.2) is 0 Å². The lowest BCUT2D eigenvalue weighted by molar-refractivity contribution is 0.135. The molecule has 5 heteroatoms. The molecule has 0 atom stereocenters. The maximum atomic E-state index is 5.92. The third kappa shape index (κ3) is 1.99. The molecule has 0 spiro atoms. The fraction of sp³-hybridized carbons (Fsp3) is 0.308. The van der Waals surface area contributed by atoms with Crippen LogP contribution in [0.1, 0.15) is 19.4 Å². The molecular formula is C13H13N3O2. The van der Waals surface area contributed by atoms with E-state index in [-0.39, 0.29) is 5.60 Å². The SMILES string of the molecule is CC1(C)Cc2cccc(Oc3cnnnc3)c2O1. The molecule has 92 valence electrons. The molecule has 0 unspecified atom stereocenters. The maximum Gasteiger partial charge on any atom is 0.169 e. The van der Waals surface area contributed by atoms with E-state index in [9.17, 15) is 0 Å². The minimum Gasteiger partial charge on any atom is -0.483 e. The molecule has 0 fully saturated rings. The smallest absolute Gasteiger partial charge is 0.169 e. The number of nitrogens with zero attached hydrogens (tertiary/aromatic N) is 3. The number of para-hydroxylation sites is 1. The summed E-state index contributed by atoms with van der Waals surface area (Å²) >= 11 is 0. The van der Waals surface area contributed by atoms with E-state index in [0.717, 1.165) is 17.7 Å². The van der Waals surface area contributed by atoms with E-state index < -0.39 is 0 Å². The second-order valence-electron chi connectivity index (χ2n) is 4.87. The van der Waals surface area contributed by atoms with Crippen molar-refractivity contribution in [2.75, 3.05) is 0 Å². The van der Waals surface area contributed by atoms with Gasteiger partial charge in [-0.2, -0.15) is 0 Å². The van der Waals surface area contributed by atoms with Gasteiger partial charge in [-0.1, -0.05) is 12.1 Å². The van der Waals surface area contributed by atoms with Crippen molar-refractivity contribution >= 4 is 0 Å². The highest BCUT2D eigenvalue weighted by molar-refractivity contribution is 5.51. The van der Waals surface area contributed by atoms with Crippen LogP contribution in [-0.2, 0) is 6.42 Å². The van der Waals surface area contributed by atoms with E-state index in [1.54, 1.807) is 0 Å². The summed E-state index contributed by atoms with van der Waals surface area (Å²) in [6.07, 6.45) is 3.92. The Bertz CT molecular complexity index is 570. The van der Waals surface area contributed by atoms with Gasteiger partial charge in [0.2, 0.25) is 0 Å². The first kappa shape index (κ1) is 11.0. The summed E-state index contributed by atoms with van der Waals surface area (Å²) in [5.74, 6) is 2.04. The van der Waals surface area contributed by atoms with Crippen LogP contribution in [0.4, 0.5) is 0 Å². The lowest BCUT2D eigenvalue weighted by atomic mass is 10.0. The van der Waals surface area contributed by atoms with Crippen molar-refractivity contribution in [3.8, 4) is 17.2 Å². The molecule has 0 saturated carbocycles. The van der Waals surface area contributed by atoms with Crippen molar-refractivity contribution in [3.05, 3.63) is 36.2 Å². The molecular weight excluding hydrogens is 230 g/mol. The number of hydrogen-bond acceptors (Lipinski definition) is 5. The highest BCUT2D eigenvalue weighted by Gasteiger charge is 2.32. The highest BCUT2D eigenvalue weighted by atomic mass is 16.5. The van der Waals surface area contributed by atoms with Gasteiger partial charge in [0.15, 0.2) is 17.2 Å². The Hall–Kier alpha value is -2.17. The molecule has 1 aliphatic rings. The Kier molecular flexibility index (Phi) is 2.40. The van der Waals surface area contributed by atoms with E-state index in [2.05, 4.69) is 35.3 Å². The van der Waals surface area contributed by atoms with Crippen molar-refractivity contribution in [3.63, 3.8) is 0 Å². The number of fused-ring (bicyclic) bond motifs is 1. The Morgan fingerprint density at radius 1 is 1.22 bits per heavy atom. The fourth-order valence-corrected chi connectivity index (χ4v) is 2.08. The van der Waals surface area contributed by atoms with Gasteiger partial charge in [0, 0.05) is 12.0 Å². The zero-order chi connectivity index (χ0) is 12.6. The molecule has 0 bridgehead atoms. The summed E-state index contributed by atoms with van der Waals surface area (Å²) in [6.45, 7) is 4.12. The third-order valence-corrected chi connectivity index (χ3v) is 2.76. The van der Waals surface area contributed by atoms with E-state index >= 15 is 0 Å². The van der Waals surface area contributed by atoms with Gasteiger partial charge in [-0.3, -0.25) is 0 Å². The molecule has 1 aliphatic heterocycles. The number of benzene rings is 1. The van der Waals surface area contributed by atoms with Crippen molar-refractivity contribution in [2.45, 2.75) is 25.9 Å². The van der Waals surface area contributed by atoms with Crippen LogP contribution in [0.25, 0.3) is 0 Å². The highest BCUT2D eigenvalue weighted by Crippen LogP contribution is 2.42. The Labute approximate surface area is 105 Å². The van der Waals surface area contributed by atoms with Crippen LogP contribution in [0.2, 0.25) is 0 Å². The molecule has 2 aromatic rings. The van der Waals surface area contributed by atoms with Crippen molar-refractivity contribution in [1.82, 2.24) is 15.4 Å². The first-order valence-electron chi connectivity index (χ1n) is 5.76. The second-order valence-corrected chi connectivity index (χ2v) is 4.87. The number of hydrogen-bond donors (Lipinski definition) is 0. The first-order chi connectivity index (χ1) is 8.64. The van der Waals surface area contributed by atoms with Crippen LogP contribution in [-0.4, -0.2) is 21.0 Å². The molecule has 0 amide bonds. The Morgan fingerprint density at radius 2 is 2.00 bits per heavy atom. The molecule has 2 heterocycles. The average Bonchev–Trinajstić information content (AvgIpc) is 2.66. The predicted molar refractivity (Wildman–Crippen MR) is 64.8 cm³/mol. The van der Waals surface area contributed by atoms with Gasteiger partial charge in [0.05, 0.1) is 12.4 Å². The van der Waals surface area contributed by atoms with E-state index in [4.69, 9.17) is 9.47 Å². The number of aromatic nitrogens is 3. The minimum absolute atomic E-state index is 0.184. The third-order valence-electron chi connectivity index (χ3n) is 2.76. The Balaban J connectivity index is 1.94. The predicted octanol–water partition coefficient (Wildman–Crippen LogP) is 2.38. The zero-order valence-electron chi connectivity index (χ0n) is 10.3. The summed E-state index contributed by atoms with van der Waals surface area (Å²) in [4.78, 5) is 0. The summed E-state index contributed by atoms with van der Waals surface area (Å²) in [5, 5.41) is 10.8. The maximum absolute atomic E-state index is 5.92. The molecule has 18 heavy (non-hydrogen) atoms. The van der Waals surface area contributed by atoms with Crippen molar-refractivity contribution < 1.29 is 9.47 Å². The van der Waals surface area contributed by atoms with E-state index in [1.165, 1.54) is 12.4 Å². The molecule has 0 aliphatic carbocycles. The van der Waals surface area contributed by atoms with Gasteiger partial charge in [-0.05, 0) is 25.1 Å². The lowest BCUT2D eigenvalue weighted by Crippen LogP contribution is -2.24. The normalized spacial score (nSPS) is 15.9. The van der Waals surface area contributed by atoms with Gasteiger partial charge in [-0.15, -0.1) is 10.2 Å². The van der Waals surface area contributed by atoms with Crippen LogP contribution < -0.4 is 9.47 Å². The molecule has 3 rings (SSSR count). The summed E-state index contributed by atoms with van der Waals surface area (Å²) < 4.78 is 11.6. The van der Waals surface area contributed by atoms with Crippen molar-refractivity contribution in [2.24, 2.45) is 0 Å². The number of rotatable bonds is 2. The Morgan fingerprint density at radius 3 is 2.78 bits per heavy atom. The van der Waals surface area contributed by atoms with Gasteiger partial charge < -0.3 is 9.47 Å². The molecule has 1 aromatic carbocycles. The van der Waals surface area contributed by atoms with E-state index in [1.807, 2.05) is 12.1 Å². The van der Waals surface area contributed by atoms with Crippen LogP contribution in [0.3, 0.4) is 0 Å².